The molecular formula is C14H22O6S. The van der Waals surface area contributed by atoms with E-state index in [4.69, 9.17) is 18.4 Å². The van der Waals surface area contributed by atoms with Crippen molar-refractivity contribution in [1.29, 1.82) is 0 Å². The third-order valence-corrected chi connectivity index (χ3v) is 3.97. The first-order valence-corrected chi connectivity index (χ1v) is 8.11. The van der Waals surface area contributed by atoms with Gasteiger partial charge < -0.3 is 14.2 Å². The van der Waals surface area contributed by atoms with Gasteiger partial charge >= 0.3 is 0 Å². The Balaban J connectivity index is 2.75. The maximum atomic E-state index is 12.0. The van der Waals surface area contributed by atoms with Gasteiger partial charge in [-0.15, -0.1) is 0 Å². The van der Waals surface area contributed by atoms with E-state index in [2.05, 4.69) is 0 Å². The van der Waals surface area contributed by atoms with Crippen LogP contribution in [-0.2, 0) is 23.8 Å². The first-order chi connectivity index (χ1) is 10.0. The molecule has 0 aliphatic carbocycles. The van der Waals surface area contributed by atoms with Crippen molar-refractivity contribution in [3.8, 4) is 5.75 Å². The Hall–Kier alpha value is -1.15. The fraction of sp³-hybridized carbons (Fsp3) is 0.571. The topological polar surface area (TPSA) is 71.1 Å². The highest BCUT2D eigenvalue weighted by Crippen LogP contribution is 2.23. The van der Waals surface area contributed by atoms with Crippen molar-refractivity contribution in [2.45, 2.75) is 18.7 Å². The highest BCUT2D eigenvalue weighted by atomic mass is 32.2. The van der Waals surface area contributed by atoms with E-state index in [1.165, 1.54) is 12.1 Å². The Bertz CT molecular complexity index is 526. The Morgan fingerprint density at radius 3 is 2.52 bits per heavy atom. The van der Waals surface area contributed by atoms with E-state index in [0.29, 0.717) is 25.6 Å². The molecule has 0 atom stereocenters. The number of benzene rings is 1. The van der Waals surface area contributed by atoms with Gasteiger partial charge in [0.1, 0.15) is 12.4 Å². The molecule has 1 aromatic carbocycles. The zero-order chi connectivity index (χ0) is 15.7. The molecule has 0 unspecified atom stereocenters. The molecule has 120 valence electrons. The molecule has 0 spiro atoms. The standard InChI is InChI=1S/C14H22O6S/c1-4-18-8-10-20-21(15,16)13-6-5-12(2)14(11-13)19-9-7-17-3/h5-6,11H,4,7-10H2,1-3H3. The lowest BCUT2D eigenvalue weighted by Gasteiger charge is -2.11. The van der Waals surface area contributed by atoms with Crippen LogP contribution in [0.25, 0.3) is 0 Å². The van der Waals surface area contributed by atoms with Gasteiger partial charge in [0.2, 0.25) is 0 Å². The van der Waals surface area contributed by atoms with Crippen molar-refractivity contribution in [2.24, 2.45) is 0 Å². The summed E-state index contributed by atoms with van der Waals surface area (Å²) in [4.78, 5) is 0.0667. The van der Waals surface area contributed by atoms with E-state index in [1.54, 1.807) is 13.2 Å². The van der Waals surface area contributed by atoms with Crippen LogP contribution < -0.4 is 4.74 Å². The van der Waals surface area contributed by atoms with Gasteiger partial charge in [-0.1, -0.05) is 6.07 Å². The number of hydrogen-bond acceptors (Lipinski definition) is 6. The maximum absolute atomic E-state index is 12.0. The van der Waals surface area contributed by atoms with Gasteiger partial charge in [0.15, 0.2) is 0 Å². The second-order valence-electron chi connectivity index (χ2n) is 4.24. The molecule has 21 heavy (non-hydrogen) atoms. The minimum Gasteiger partial charge on any atom is -0.491 e. The normalized spacial score (nSPS) is 11.6. The van der Waals surface area contributed by atoms with Gasteiger partial charge in [0.05, 0.1) is 24.7 Å². The quantitative estimate of drug-likeness (QED) is 0.483. The molecule has 0 amide bonds. The summed E-state index contributed by atoms with van der Waals surface area (Å²) in [6, 6.07) is 4.64. The van der Waals surface area contributed by atoms with Crippen molar-refractivity contribution in [3.63, 3.8) is 0 Å². The fourth-order valence-electron chi connectivity index (χ4n) is 1.54. The summed E-state index contributed by atoms with van der Waals surface area (Å²) in [5.74, 6) is 0.501. The molecule has 0 aliphatic rings. The van der Waals surface area contributed by atoms with Gasteiger partial charge in [-0.05, 0) is 25.5 Å². The summed E-state index contributed by atoms with van der Waals surface area (Å²) in [6.07, 6.45) is 0. The van der Waals surface area contributed by atoms with E-state index < -0.39 is 10.1 Å². The predicted molar refractivity (Wildman–Crippen MR) is 78.2 cm³/mol. The molecule has 1 aromatic rings. The third kappa shape index (κ3) is 6.01. The molecule has 0 heterocycles. The molecule has 0 fully saturated rings. The highest BCUT2D eigenvalue weighted by Gasteiger charge is 2.17. The highest BCUT2D eigenvalue weighted by molar-refractivity contribution is 7.86. The Morgan fingerprint density at radius 1 is 1.10 bits per heavy atom. The molecule has 0 aromatic heterocycles. The van der Waals surface area contributed by atoms with Crippen molar-refractivity contribution in [1.82, 2.24) is 0 Å². The smallest absolute Gasteiger partial charge is 0.297 e. The van der Waals surface area contributed by atoms with E-state index in [9.17, 15) is 8.42 Å². The van der Waals surface area contributed by atoms with Crippen LogP contribution in [0.3, 0.4) is 0 Å². The number of methoxy groups -OCH3 is 1. The van der Waals surface area contributed by atoms with Crippen LogP contribution >= 0.6 is 0 Å². The zero-order valence-corrected chi connectivity index (χ0v) is 13.4. The Kier molecular flexibility index (Phi) is 7.66. The predicted octanol–water partition coefficient (Wildman–Crippen LogP) is 1.76. The molecular weight excluding hydrogens is 296 g/mol. The molecule has 0 aliphatic heterocycles. The minimum atomic E-state index is -3.80. The number of ether oxygens (including phenoxy) is 3. The van der Waals surface area contributed by atoms with E-state index in [1.807, 2.05) is 13.8 Å². The average molecular weight is 318 g/mol. The summed E-state index contributed by atoms with van der Waals surface area (Å²) in [5, 5.41) is 0. The van der Waals surface area contributed by atoms with E-state index >= 15 is 0 Å². The van der Waals surface area contributed by atoms with Crippen LogP contribution in [-0.4, -0.2) is 48.6 Å². The maximum Gasteiger partial charge on any atom is 0.297 e. The van der Waals surface area contributed by atoms with Gasteiger partial charge in [0, 0.05) is 19.8 Å². The average Bonchev–Trinajstić information content (AvgIpc) is 2.45. The molecule has 7 heteroatoms. The second-order valence-corrected chi connectivity index (χ2v) is 5.86. The van der Waals surface area contributed by atoms with Gasteiger partial charge in [-0.25, -0.2) is 0 Å². The Morgan fingerprint density at radius 2 is 1.86 bits per heavy atom. The molecule has 0 radical (unpaired) electrons. The Labute approximate surface area is 126 Å². The largest absolute Gasteiger partial charge is 0.491 e. The number of rotatable bonds is 10. The lowest BCUT2D eigenvalue weighted by molar-refractivity contribution is 0.112. The first kappa shape index (κ1) is 17.9. The van der Waals surface area contributed by atoms with Crippen LogP contribution in [0.15, 0.2) is 23.1 Å². The summed E-state index contributed by atoms with van der Waals surface area (Å²) in [6.45, 7) is 5.20. The molecule has 1 rings (SSSR count). The molecule has 6 nitrogen and oxygen atoms in total. The van der Waals surface area contributed by atoms with Gasteiger partial charge in [0.25, 0.3) is 10.1 Å². The summed E-state index contributed by atoms with van der Waals surface area (Å²) >= 11 is 0. The van der Waals surface area contributed by atoms with E-state index in [0.717, 1.165) is 5.56 Å². The second kappa shape index (κ2) is 8.99. The summed E-state index contributed by atoms with van der Waals surface area (Å²) in [5.41, 5.74) is 0.847. The van der Waals surface area contributed by atoms with Crippen LogP contribution in [0.2, 0.25) is 0 Å². The van der Waals surface area contributed by atoms with Crippen molar-refractivity contribution >= 4 is 10.1 Å². The lowest BCUT2D eigenvalue weighted by atomic mass is 10.2. The van der Waals surface area contributed by atoms with Crippen LogP contribution in [0.4, 0.5) is 0 Å². The minimum absolute atomic E-state index is 0.0100. The molecule has 0 N–H and O–H groups in total. The number of aryl methyl sites for hydroxylation is 1. The van der Waals surface area contributed by atoms with Gasteiger partial charge in [-0.2, -0.15) is 8.42 Å². The van der Waals surface area contributed by atoms with Crippen molar-refractivity contribution in [2.75, 3.05) is 40.1 Å². The van der Waals surface area contributed by atoms with Crippen LogP contribution in [0, 0.1) is 6.92 Å². The third-order valence-electron chi connectivity index (χ3n) is 2.66. The number of hydrogen-bond donors (Lipinski definition) is 0. The van der Waals surface area contributed by atoms with Gasteiger partial charge in [-0.3, -0.25) is 4.18 Å². The fourth-order valence-corrected chi connectivity index (χ4v) is 2.45. The first-order valence-electron chi connectivity index (χ1n) is 6.71. The molecule has 0 saturated heterocycles. The summed E-state index contributed by atoms with van der Waals surface area (Å²) in [7, 11) is -2.23. The molecule has 0 saturated carbocycles. The van der Waals surface area contributed by atoms with Crippen molar-refractivity contribution in [3.05, 3.63) is 23.8 Å². The zero-order valence-electron chi connectivity index (χ0n) is 12.6. The van der Waals surface area contributed by atoms with Crippen LogP contribution in [0.1, 0.15) is 12.5 Å². The summed E-state index contributed by atoms with van der Waals surface area (Å²) < 4.78 is 44.4. The molecule has 0 bridgehead atoms. The SMILES string of the molecule is CCOCCOS(=O)(=O)c1ccc(C)c(OCCOC)c1. The lowest BCUT2D eigenvalue weighted by Crippen LogP contribution is -2.12. The van der Waals surface area contributed by atoms with Crippen molar-refractivity contribution < 1.29 is 26.8 Å². The van der Waals surface area contributed by atoms with Crippen LogP contribution in [0.5, 0.6) is 5.75 Å². The monoisotopic (exact) mass is 318 g/mol. The van der Waals surface area contributed by atoms with E-state index in [-0.39, 0.29) is 18.1 Å².